The lowest BCUT2D eigenvalue weighted by Gasteiger charge is -2.52. The average Bonchev–Trinajstić information content (AvgIpc) is 2.94. The standard InChI is InChI=1S/C16H19NOS/c18-11-15-5-8-16(9-6-15,10-7-15)14-17-12-3-1-2-4-13(12)19-14/h1-4,18H,5-11H2. The molecule has 3 fully saturated rings. The summed E-state index contributed by atoms with van der Waals surface area (Å²) in [5, 5.41) is 11.0. The van der Waals surface area contributed by atoms with Gasteiger partial charge in [0.1, 0.15) is 0 Å². The van der Waals surface area contributed by atoms with Crippen molar-refractivity contribution < 1.29 is 5.11 Å². The average molecular weight is 273 g/mol. The van der Waals surface area contributed by atoms with Crippen LogP contribution in [0.3, 0.4) is 0 Å². The minimum atomic E-state index is 0.248. The summed E-state index contributed by atoms with van der Waals surface area (Å²) in [6.07, 6.45) is 7.19. The quantitative estimate of drug-likeness (QED) is 0.900. The number of fused-ring (bicyclic) bond motifs is 4. The lowest BCUT2D eigenvalue weighted by atomic mass is 9.54. The lowest BCUT2D eigenvalue weighted by Crippen LogP contribution is -2.45. The van der Waals surface area contributed by atoms with Gasteiger partial charge in [-0.3, -0.25) is 0 Å². The first-order chi connectivity index (χ1) is 9.25. The fraction of sp³-hybridized carbons (Fsp3) is 0.562. The fourth-order valence-electron chi connectivity index (χ4n) is 3.92. The van der Waals surface area contributed by atoms with Gasteiger partial charge in [-0.2, -0.15) is 0 Å². The van der Waals surface area contributed by atoms with Gasteiger partial charge in [-0.25, -0.2) is 4.98 Å². The molecule has 1 N–H and O–H groups in total. The summed E-state index contributed by atoms with van der Waals surface area (Å²) >= 11 is 1.88. The van der Waals surface area contributed by atoms with Gasteiger partial charge >= 0.3 is 0 Å². The van der Waals surface area contributed by atoms with Crippen LogP contribution in [0.15, 0.2) is 24.3 Å². The van der Waals surface area contributed by atoms with E-state index in [0.29, 0.717) is 12.0 Å². The van der Waals surface area contributed by atoms with Crippen molar-refractivity contribution in [1.29, 1.82) is 0 Å². The summed E-state index contributed by atoms with van der Waals surface area (Å²) in [4.78, 5) is 4.91. The van der Waals surface area contributed by atoms with Gasteiger partial charge in [0.05, 0.1) is 15.2 Å². The van der Waals surface area contributed by atoms with Crippen molar-refractivity contribution in [2.75, 3.05) is 6.61 Å². The highest BCUT2D eigenvalue weighted by molar-refractivity contribution is 7.18. The van der Waals surface area contributed by atoms with Crippen LogP contribution in [-0.4, -0.2) is 16.7 Å². The van der Waals surface area contributed by atoms with E-state index >= 15 is 0 Å². The maximum atomic E-state index is 9.62. The molecule has 0 unspecified atom stereocenters. The van der Waals surface area contributed by atoms with Gasteiger partial charge in [0.25, 0.3) is 0 Å². The van der Waals surface area contributed by atoms with Crippen LogP contribution in [0.5, 0.6) is 0 Å². The zero-order valence-electron chi connectivity index (χ0n) is 11.1. The summed E-state index contributed by atoms with van der Waals surface area (Å²) in [5.74, 6) is 0. The number of hydrogen-bond donors (Lipinski definition) is 1. The summed E-state index contributed by atoms with van der Waals surface area (Å²) in [6.45, 7) is 0.378. The highest BCUT2D eigenvalue weighted by Crippen LogP contribution is 2.58. The van der Waals surface area contributed by atoms with Crippen LogP contribution in [0.1, 0.15) is 43.5 Å². The molecule has 3 saturated carbocycles. The van der Waals surface area contributed by atoms with Crippen LogP contribution in [0, 0.1) is 5.41 Å². The Kier molecular flexibility index (Phi) is 2.52. The lowest BCUT2D eigenvalue weighted by molar-refractivity contribution is -0.00687. The van der Waals surface area contributed by atoms with Crippen LogP contribution >= 0.6 is 11.3 Å². The number of thiazole rings is 1. The molecule has 0 saturated heterocycles. The van der Waals surface area contributed by atoms with Crippen LogP contribution in [-0.2, 0) is 5.41 Å². The van der Waals surface area contributed by atoms with E-state index in [1.165, 1.54) is 48.2 Å². The van der Waals surface area contributed by atoms with Gasteiger partial charge < -0.3 is 5.11 Å². The van der Waals surface area contributed by atoms with Crippen molar-refractivity contribution in [3.8, 4) is 0 Å². The summed E-state index contributed by atoms with van der Waals surface area (Å²) in [7, 11) is 0. The largest absolute Gasteiger partial charge is 0.396 e. The van der Waals surface area contributed by atoms with E-state index in [-0.39, 0.29) is 5.41 Å². The number of nitrogens with zero attached hydrogens (tertiary/aromatic N) is 1. The van der Waals surface area contributed by atoms with E-state index in [1.807, 2.05) is 11.3 Å². The number of rotatable bonds is 2. The van der Waals surface area contributed by atoms with E-state index in [1.54, 1.807) is 0 Å². The van der Waals surface area contributed by atoms with Gasteiger partial charge in [-0.1, -0.05) is 12.1 Å². The van der Waals surface area contributed by atoms with Crippen LogP contribution in [0.4, 0.5) is 0 Å². The van der Waals surface area contributed by atoms with Crippen molar-refractivity contribution in [3.05, 3.63) is 29.3 Å². The molecule has 3 heteroatoms. The van der Waals surface area contributed by atoms with Crippen LogP contribution in [0.2, 0.25) is 0 Å². The Morgan fingerprint density at radius 3 is 2.37 bits per heavy atom. The van der Waals surface area contributed by atoms with Gasteiger partial charge in [-0.05, 0) is 56.1 Å². The SMILES string of the molecule is OCC12CCC(c3nc4ccccc4s3)(CC1)CC2. The monoisotopic (exact) mass is 273 g/mol. The Morgan fingerprint density at radius 2 is 1.74 bits per heavy atom. The zero-order valence-corrected chi connectivity index (χ0v) is 11.9. The van der Waals surface area contributed by atoms with Gasteiger partial charge in [0.2, 0.25) is 0 Å². The van der Waals surface area contributed by atoms with E-state index < -0.39 is 0 Å². The number of para-hydroxylation sites is 1. The topological polar surface area (TPSA) is 33.1 Å². The second-order valence-corrected chi connectivity index (χ2v) is 7.46. The van der Waals surface area contributed by atoms with Crippen LogP contribution in [0.25, 0.3) is 10.2 Å². The molecular weight excluding hydrogens is 254 g/mol. The van der Waals surface area contributed by atoms with E-state index in [0.717, 1.165) is 5.52 Å². The third kappa shape index (κ3) is 1.68. The molecule has 1 heterocycles. The predicted molar refractivity (Wildman–Crippen MR) is 78.5 cm³/mol. The van der Waals surface area contributed by atoms with Gasteiger partial charge in [0, 0.05) is 12.0 Å². The Hall–Kier alpha value is -0.930. The third-order valence-electron chi connectivity index (χ3n) is 5.48. The molecule has 2 bridgehead atoms. The Morgan fingerprint density at radius 1 is 1.05 bits per heavy atom. The molecular formula is C16H19NOS. The van der Waals surface area contributed by atoms with Crippen molar-refractivity contribution in [2.24, 2.45) is 5.41 Å². The minimum Gasteiger partial charge on any atom is -0.396 e. The molecule has 3 aliphatic rings. The van der Waals surface area contributed by atoms with E-state index in [9.17, 15) is 5.11 Å². The first-order valence-electron chi connectivity index (χ1n) is 7.22. The zero-order chi connectivity index (χ0) is 12.9. The van der Waals surface area contributed by atoms with Gasteiger partial charge in [-0.15, -0.1) is 11.3 Å². The number of aliphatic hydroxyl groups is 1. The van der Waals surface area contributed by atoms with Crippen molar-refractivity contribution in [3.63, 3.8) is 0 Å². The summed E-state index contributed by atoms with van der Waals surface area (Å²) < 4.78 is 1.32. The fourth-order valence-corrected chi connectivity index (χ4v) is 5.16. The Balaban J connectivity index is 1.73. The summed E-state index contributed by atoms with van der Waals surface area (Å²) in [6, 6.07) is 8.47. The molecule has 0 amide bonds. The molecule has 1 aromatic carbocycles. The molecule has 0 spiro atoms. The highest BCUT2D eigenvalue weighted by atomic mass is 32.1. The number of aromatic nitrogens is 1. The molecule has 0 aliphatic heterocycles. The predicted octanol–water partition coefficient (Wildman–Crippen LogP) is 3.88. The maximum absolute atomic E-state index is 9.62. The smallest absolute Gasteiger partial charge is 0.1000 e. The third-order valence-corrected chi connectivity index (χ3v) is 6.77. The summed E-state index contributed by atoms with van der Waals surface area (Å²) in [5.41, 5.74) is 1.72. The first kappa shape index (κ1) is 11.9. The number of aliphatic hydroxyl groups excluding tert-OH is 1. The van der Waals surface area contributed by atoms with Crippen molar-refractivity contribution in [2.45, 2.75) is 43.9 Å². The molecule has 1 aromatic heterocycles. The number of hydrogen-bond acceptors (Lipinski definition) is 3. The normalized spacial score (nSPS) is 33.9. The van der Waals surface area contributed by atoms with Gasteiger partial charge in [0.15, 0.2) is 0 Å². The Bertz CT molecular complexity index is 560. The molecule has 2 nitrogen and oxygen atoms in total. The maximum Gasteiger partial charge on any atom is 0.1000 e. The van der Waals surface area contributed by atoms with Crippen molar-refractivity contribution in [1.82, 2.24) is 4.98 Å². The second-order valence-electron chi connectivity index (χ2n) is 6.43. The number of benzene rings is 1. The molecule has 2 aromatic rings. The minimum absolute atomic E-state index is 0.248. The Labute approximate surface area is 117 Å². The molecule has 0 radical (unpaired) electrons. The molecule has 19 heavy (non-hydrogen) atoms. The van der Waals surface area contributed by atoms with E-state index in [4.69, 9.17) is 4.98 Å². The second kappa shape index (κ2) is 4.03. The molecule has 5 rings (SSSR count). The molecule has 0 atom stereocenters. The highest BCUT2D eigenvalue weighted by Gasteiger charge is 2.50. The molecule has 3 aliphatic carbocycles. The van der Waals surface area contributed by atoms with E-state index in [2.05, 4.69) is 24.3 Å². The van der Waals surface area contributed by atoms with Crippen molar-refractivity contribution >= 4 is 21.6 Å². The first-order valence-corrected chi connectivity index (χ1v) is 8.04. The van der Waals surface area contributed by atoms with Crippen LogP contribution < -0.4 is 0 Å². The molecule has 100 valence electrons.